The van der Waals surface area contributed by atoms with Gasteiger partial charge in [-0.3, -0.25) is 0 Å². The van der Waals surface area contributed by atoms with Gasteiger partial charge in [0.05, 0.1) is 6.10 Å². The summed E-state index contributed by atoms with van der Waals surface area (Å²) < 4.78 is 5.85. The Kier molecular flexibility index (Phi) is 4.80. The van der Waals surface area contributed by atoms with E-state index in [2.05, 4.69) is 31.2 Å². The molecule has 0 aliphatic carbocycles. The van der Waals surface area contributed by atoms with Gasteiger partial charge in [0.1, 0.15) is 12.4 Å². The van der Waals surface area contributed by atoms with Crippen molar-refractivity contribution in [2.75, 3.05) is 0 Å². The zero-order valence-electron chi connectivity index (χ0n) is 12.4. The van der Waals surface area contributed by atoms with Crippen molar-refractivity contribution in [2.24, 2.45) is 0 Å². The van der Waals surface area contributed by atoms with E-state index in [-0.39, 0.29) is 0 Å². The van der Waals surface area contributed by atoms with Crippen LogP contribution in [0.4, 0.5) is 0 Å². The van der Waals surface area contributed by atoms with Crippen molar-refractivity contribution in [3.8, 4) is 5.75 Å². The second-order valence-corrected chi connectivity index (χ2v) is 5.18. The van der Waals surface area contributed by atoms with Crippen LogP contribution < -0.4 is 4.74 Å². The average Bonchev–Trinajstić information content (AvgIpc) is 2.46. The lowest BCUT2D eigenvalue weighted by atomic mass is 10.1. The van der Waals surface area contributed by atoms with Gasteiger partial charge in [0.25, 0.3) is 0 Å². The Labute approximate surface area is 121 Å². The standard InChI is InChI=1S/C18H22O2/c1-4-15-6-8-16(9-7-15)12-20-18-10-5-13(2)11-17(18)14(3)19/h5-11,14,19H,4,12H2,1-3H3/t14-/m1/s1. The van der Waals surface area contributed by atoms with Crippen LogP contribution in [0.15, 0.2) is 42.5 Å². The second-order valence-electron chi connectivity index (χ2n) is 5.18. The van der Waals surface area contributed by atoms with Crippen molar-refractivity contribution in [3.63, 3.8) is 0 Å². The third-order valence-electron chi connectivity index (χ3n) is 3.44. The normalized spacial score (nSPS) is 12.2. The molecule has 0 aliphatic rings. The second kappa shape index (κ2) is 6.58. The first-order valence-corrected chi connectivity index (χ1v) is 7.09. The lowest BCUT2D eigenvalue weighted by molar-refractivity contribution is 0.190. The Hall–Kier alpha value is -1.80. The molecule has 20 heavy (non-hydrogen) atoms. The quantitative estimate of drug-likeness (QED) is 0.882. The summed E-state index contributed by atoms with van der Waals surface area (Å²) in [6, 6.07) is 14.3. The Morgan fingerprint density at radius 3 is 2.30 bits per heavy atom. The van der Waals surface area contributed by atoms with Crippen LogP contribution >= 0.6 is 0 Å². The monoisotopic (exact) mass is 270 g/mol. The number of benzene rings is 2. The molecule has 1 atom stereocenters. The van der Waals surface area contributed by atoms with E-state index in [1.165, 1.54) is 5.56 Å². The van der Waals surface area contributed by atoms with E-state index in [9.17, 15) is 5.11 Å². The molecule has 0 bridgehead atoms. The highest BCUT2D eigenvalue weighted by Gasteiger charge is 2.09. The molecule has 0 radical (unpaired) electrons. The molecule has 1 N–H and O–H groups in total. The van der Waals surface area contributed by atoms with Gasteiger partial charge in [-0.2, -0.15) is 0 Å². The van der Waals surface area contributed by atoms with Crippen molar-refractivity contribution in [2.45, 2.75) is 39.9 Å². The van der Waals surface area contributed by atoms with Crippen molar-refractivity contribution in [1.82, 2.24) is 0 Å². The lowest BCUT2D eigenvalue weighted by Crippen LogP contribution is -2.01. The summed E-state index contributed by atoms with van der Waals surface area (Å²) in [4.78, 5) is 0. The third kappa shape index (κ3) is 3.61. The van der Waals surface area contributed by atoms with Gasteiger partial charge in [0.2, 0.25) is 0 Å². The topological polar surface area (TPSA) is 29.5 Å². The SMILES string of the molecule is CCc1ccc(COc2ccc(C)cc2[C@@H](C)O)cc1. The van der Waals surface area contributed by atoms with Gasteiger partial charge in [0, 0.05) is 5.56 Å². The average molecular weight is 270 g/mol. The lowest BCUT2D eigenvalue weighted by Gasteiger charge is -2.14. The third-order valence-corrected chi connectivity index (χ3v) is 3.44. The highest BCUT2D eigenvalue weighted by atomic mass is 16.5. The van der Waals surface area contributed by atoms with Crippen LogP contribution in [0.3, 0.4) is 0 Å². The van der Waals surface area contributed by atoms with Crippen molar-refractivity contribution < 1.29 is 9.84 Å². The van der Waals surface area contributed by atoms with E-state index in [4.69, 9.17) is 4.74 Å². The van der Waals surface area contributed by atoms with Gasteiger partial charge in [-0.05, 0) is 43.5 Å². The zero-order chi connectivity index (χ0) is 14.5. The maximum Gasteiger partial charge on any atom is 0.125 e. The Morgan fingerprint density at radius 1 is 1.05 bits per heavy atom. The van der Waals surface area contributed by atoms with Crippen LogP contribution in [-0.4, -0.2) is 5.11 Å². The molecule has 2 rings (SSSR count). The first-order valence-electron chi connectivity index (χ1n) is 7.09. The first-order chi connectivity index (χ1) is 9.60. The molecule has 0 saturated carbocycles. The van der Waals surface area contributed by atoms with Crippen molar-refractivity contribution in [3.05, 3.63) is 64.7 Å². The van der Waals surface area contributed by atoms with Crippen LogP contribution in [-0.2, 0) is 13.0 Å². The fourth-order valence-electron chi connectivity index (χ4n) is 2.16. The summed E-state index contributed by atoms with van der Waals surface area (Å²) in [7, 11) is 0. The molecule has 0 fully saturated rings. The number of ether oxygens (including phenoxy) is 1. The maximum absolute atomic E-state index is 9.81. The zero-order valence-corrected chi connectivity index (χ0v) is 12.4. The number of aryl methyl sites for hydroxylation is 2. The van der Waals surface area contributed by atoms with Gasteiger partial charge in [-0.15, -0.1) is 0 Å². The van der Waals surface area contributed by atoms with Crippen LogP contribution in [0.1, 0.15) is 42.2 Å². The first kappa shape index (κ1) is 14.6. The minimum Gasteiger partial charge on any atom is -0.489 e. The molecule has 106 valence electrons. The fraction of sp³-hybridized carbons (Fsp3) is 0.333. The minimum absolute atomic E-state index is 0.521. The van der Waals surface area contributed by atoms with Gasteiger partial charge in [-0.25, -0.2) is 0 Å². The predicted molar refractivity (Wildman–Crippen MR) is 82.0 cm³/mol. The Morgan fingerprint density at radius 2 is 1.70 bits per heavy atom. The number of hydrogen-bond donors (Lipinski definition) is 1. The van der Waals surface area contributed by atoms with Gasteiger partial charge < -0.3 is 9.84 Å². The smallest absolute Gasteiger partial charge is 0.125 e. The number of rotatable bonds is 5. The van der Waals surface area contributed by atoms with Crippen molar-refractivity contribution >= 4 is 0 Å². The molecule has 0 heterocycles. The molecule has 0 amide bonds. The van der Waals surface area contributed by atoms with E-state index in [1.54, 1.807) is 6.92 Å². The molecule has 0 aliphatic heterocycles. The molecule has 0 saturated heterocycles. The molecule has 2 aromatic carbocycles. The molecular weight excluding hydrogens is 248 g/mol. The Balaban J connectivity index is 2.10. The van der Waals surface area contributed by atoms with Crippen LogP contribution in [0.2, 0.25) is 0 Å². The highest BCUT2D eigenvalue weighted by Crippen LogP contribution is 2.27. The van der Waals surface area contributed by atoms with Crippen LogP contribution in [0, 0.1) is 6.92 Å². The highest BCUT2D eigenvalue weighted by molar-refractivity contribution is 5.38. The van der Waals surface area contributed by atoms with E-state index >= 15 is 0 Å². The predicted octanol–water partition coefficient (Wildman–Crippen LogP) is 4.19. The molecule has 2 heteroatoms. The van der Waals surface area contributed by atoms with Crippen LogP contribution in [0.25, 0.3) is 0 Å². The molecule has 2 nitrogen and oxygen atoms in total. The van der Waals surface area contributed by atoms with E-state index in [0.29, 0.717) is 6.61 Å². The maximum atomic E-state index is 9.81. The van der Waals surface area contributed by atoms with Gasteiger partial charge in [0.15, 0.2) is 0 Å². The number of hydrogen-bond acceptors (Lipinski definition) is 2. The molecule has 0 aromatic heterocycles. The van der Waals surface area contributed by atoms with Crippen LogP contribution in [0.5, 0.6) is 5.75 Å². The molecule has 2 aromatic rings. The largest absolute Gasteiger partial charge is 0.489 e. The summed E-state index contributed by atoms with van der Waals surface area (Å²) in [5.41, 5.74) is 4.43. The van der Waals surface area contributed by atoms with Gasteiger partial charge >= 0.3 is 0 Å². The molecule has 0 unspecified atom stereocenters. The fourth-order valence-corrected chi connectivity index (χ4v) is 2.16. The number of aliphatic hydroxyl groups excluding tert-OH is 1. The summed E-state index contributed by atoms with van der Waals surface area (Å²) in [6.45, 7) is 6.44. The molecular formula is C18H22O2. The summed E-state index contributed by atoms with van der Waals surface area (Å²) in [5.74, 6) is 0.755. The Bertz CT molecular complexity index is 556. The summed E-state index contributed by atoms with van der Waals surface area (Å²) in [5, 5.41) is 9.81. The van der Waals surface area contributed by atoms with Gasteiger partial charge in [-0.1, -0.05) is 42.8 Å². The molecule has 0 spiro atoms. The van der Waals surface area contributed by atoms with E-state index in [0.717, 1.165) is 28.9 Å². The summed E-state index contributed by atoms with van der Waals surface area (Å²) in [6.07, 6.45) is 0.526. The van der Waals surface area contributed by atoms with Crippen molar-refractivity contribution in [1.29, 1.82) is 0 Å². The van der Waals surface area contributed by atoms with E-state index in [1.807, 2.05) is 25.1 Å². The minimum atomic E-state index is -0.521. The van der Waals surface area contributed by atoms with E-state index < -0.39 is 6.10 Å². The summed E-state index contributed by atoms with van der Waals surface area (Å²) >= 11 is 0. The number of aliphatic hydroxyl groups is 1.